The van der Waals surface area contributed by atoms with Gasteiger partial charge in [-0.3, -0.25) is 9.78 Å². The Bertz CT molecular complexity index is 969. The van der Waals surface area contributed by atoms with Crippen molar-refractivity contribution in [1.29, 1.82) is 0 Å². The van der Waals surface area contributed by atoms with Crippen LogP contribution in [0.2, 0.25) is 5.02 Å². The Hall–Kier alpha value is -2.79. The molecule has 0 aliphatic carbocycles. The average Bonchev–Trinajstić information content (AvgIpc) is 2.67. The summed E-state index contributed by atoms with van der Waals surface area (Å²) < 4.78 is 11.1. The molecule has 2 aromatic carbocycles. The number of aromatic nitrogens is 1. The van der Waals surface area contributed by atoms with Gasteiger partial charge in [0, 0.05) is 18.1 Å². The number of hydrogen-bond acceptors (Lipinski definition) is 4. The molecule has 0 atom stereocenters. The number of hydrogen-bond donors (Lipinski definition) is 1. The zero-order valence-corrected chi connectivity index (χ0v) is 14.8. The maximum Gasteiger partial charge on any atom is 0.270 e. The largest absolute Gasteiger partial charge is 0.486 e. The minimum atomic E-state index is -0.189. The molecule has 26 heavy (non-hydrogen) atoms. The number of nitrogens with one attached hydrogen (secondary N) is 1. The SMILES string of the molecule is O=C(NCCc1cc(Cl)c2c(c1)OCCO2)c1nccc2ccccc12. The Kier molecular flexibility index (Phi) is 4.63. The zero-order valence-electron chi connectivity index (χ0n) is 14.0. The van der Waals surface area contributed by atoms with Crippen LogP contribution in [0.4, 0.5) is 0 Å². The van der Waals surface area contributed by atoms with Gasteiger partial charge in [-0.05, 0) is 35.6 Å². The van der Waals surface area contributed by atoms with Crippen LogP contribution in [0.1, 0.15) is 16.1 Å². The van der Waals surface area contributed by atoms with Crippen LogP contribution in [0.25, 0.3) is 10.8 Å². The van der Waals surface area contributed by atoms with Crippen molar-refractivity contribution in [2.75, 3.05) is 19.8 Å². The third-order valence-corrected chi connectivity index (χ3v) is 4.53. The van der Waals surface area contributed by atoms with E-state index in [-0.39, 0.29) is 5.91 Å². The van der Waals surface area contributed by atoms with Crippen molar-refractivity contribution >= 4 is 28.3 Å². The van der Waals surface area contributed by atoms with E-state index in [0.717, 1.165) is 16.3 Å². The van der Waals surface area contributed by atoms with Crippen molar-refractivity contribution in [3.05, 3.63) is 64.9 Å². The predicted octanol–water partition coefficient (Wildman–Crippen LogP) is 3.63. The fraction of sp³-hybridized carbons (Fsp3) is 0.200. The van der Waals surface area contributed by atoms with Crippen LogP contribution in [0, 0.1) is 0 Å². The molecule has 1 amide bonds. The first kappa shape index (κ1) is 16.7. The highest BCUT2D eigenvalue weighted by molar-refractivity contribution is 6.32. The molecule has 1 aromatic heterocycles. The Morgan fingerprint density at radius 1 is 1.15 bits per heavy atom. The maximum absolute atomic E-state index is 12.5. The summed E-state index contributed by atoms with van der Waals surface area (Å²) in [4.78, 5) is 16.7. The maximum atomic E-state index is 12.5. The van der Waals surface area contributed by atoms with E-state index in [0.29, 0.717) is 48.4 Å². The number of fused-ring (bicyclic) bond motifs is 2. The Morgan fingerprint density at radius 3 is 2.92 bits per heavy atom. The van der Waals surface area contributed by atoms with Crippen LogP contribution in [0.15, 0.2) is 48.7 Å². The van der Waals surface area contributed by atoms with Gasteiger partial charge in [0.2, 0.25) is 0 Å². The van der Waals surface area contributed by atoms with E-state index >= 15 is 0 Å². The van der Waals surface area contributed by atoms with Crippen LogP contribution >= 0.6 is 11.6 Å². The molecule has 1 aliphatic rings. The number of carbonyl (C=O) groups is 1. The summed E-state index contributed by atoms with van der Waals surface area (Å²) in [6.45, 7) is 1.48. The number of nitrogens with zero attached hydrogens (tertiary/aromatic N) is 1. The van der Waals surface area contributed by atoms with Crippen molar-refractivity contribution in [2.45, 2.75) is 6.42 Å². The van der Waals surface area contributed by atoms with Crippen molar-refractivity contribution in [3.8, 4) is 11.5 Å². The summed E-state index contributed by atoms with van der Waals surface area (Å²) >= 11 is 6.25. The molecule has 0 unspecified atom stereocenters. The number of benzene rings is 2. The van der Waals surface area contributed by atoms with E-state index in [1.807, 2.05) is 42.5 Å². The number of rotatable bonds is 4. The summed E-state index contributed by atoms with van der Waals surface area (Å²) in [5, 5.41) is 5.28. The number of carbonyl (C=O) groups excluding carboxylic acids is 1. The topological polar surface area (TPSA) is 60.5 Å². The molecule has 132 valence electrons. The molecule has 0 spiro atoms. The van der Waals surface area contributed by atoms with Crippen LogP contribution in [0.5, 0.6) is 11.5 Å². The normalized spacial score (nSPS) is 12.8. The van der Waals surface area contributed by atoms with Gasteiger partial charge in [-0.15, -0.1) is 0 Å². The lowest BCUT2D eigenvalue weighted by Crippen LogP contribution is -2.26. The van der Waals surface area contributed by atoms with Gasteiger partial charge >= 0.3 is 0 Å². The van der Waals surface area contributed by atoms with Gasteiger partial charge in [0.1, 0.15) is 18.9 Å². The number of amides is 1. The summed E-state index contributed by atoms with van der Waals surface area (Å²) in [5.74, 6) is 1.05. The summed E-state index contributed by atoms with van der Waals surface area (Å²) in [6, 6.07) is 13.3. The predicted molar refractivity (Wildman–Crippen MR) is 100 cm³/mol. The third kappa shape index (κ3) is 3.30. The lowest BCUT2D eigenvalue weighted by molar-refractivity contribution is 0.0951. The van der Waals surface area contributed by atoms with Gasteiger partial charge in [0.05, 0.1) is 5.02 Å². The van der Waals surface area contributed by atoms with E-state index in [1.165, 1.54) is 0 Å². The molecule has 0 saturated carbocycles. The smallest absolute Gasteiger partial charge is 0.270 e. The first-order chi connectivity index (χ1) is 12.7. The highest BCUT2D eigenvalue weighted by Crippen LogP contribution is 2.38. The Labute approximate surface area is 155 Å². The second-order valence-electron chi connectivity index (χ2n) is 5.99. The quantitative estimate of drug-likeness (QED) is 0.764. The van der Waals surface area contributed by atoms with Crippen molar-refractivity contribution in [3.63, 3.8) is 0 Å². The summed E-state index contributed by atoms with van der Waals surface area (Å²) in [5.41, 5.74) is 1.41. The van der Waals surface area contributed by atoms with Gasteiger partial charge in [0.15, 0.2) is 11.5 Å². The lowest BCUT2D eigenvalue weighted by atomic mass is 10.1. The minimum absolute atomic E-state index is 0.189. The molecule has 1 N–H and O–H groups in total. The van der Waals surface area contributed by atoms with Crippen molar-refractivity contribution < 1.29 is 14.3 Å². The molecule has 1 aliphatic heterocycles. The molecular weight excluding hydrogens is 352 g/mol. The monoisotopic (exact) mass is 368 g/mol. The molecule has 4 rings (SSSR count). The van der Waals surface area contributed by atoms with Crippen LogP contribution in [-0.4, -0.2) is 30.6 Å². The number of pyridine rings is 1. The van der Waals surface area contributed by atoms with E-state index in [1.54, 1.807) is 6.20 Å². The van der Waals surface area contributed by atoms with Gasteiger partial charge in [-0.2, -0.15) is 0 Å². The van der Waals surface area contributed by atoms with Crippen LogP contribution in [-0.2, 0) is 6.42 Å². The van der Waals surface area contributed by atoms with Gasteiger partial charge in [-0.1, -0.05) is 35.9 Å². The Balaban J connectivity index is 1.45. The highest BCUT2D eigenvalue weighted by Gasteiger charge is 2.17. The minimum Gasteiger partial charge on any atom is -0.486 e. The molecule has 0 saturated heterocycles. The van der Waals surface area contributed by atoms with Crippen molar-refractivity contribution in [1.82, 2.24) is 10.3 Å². The molecule has 5 nitrogen and oxygen atoms in total. The second-order valence-corrected chi connectivity index (χ2v) is 6.40. The number of halogens is 1. The van der Waals surface area contributed by atoms with E-state index in [9.17, 15) is 4.79 Å². The fourth-order valence-corrected chi connectivity index (χ4v) is 3.30. The molecule has 2 heterocycles. The third-order valence-electron chi connectivity index (χ3n) is 4.24. The van der Waals surface area contributed by atoms with Crippen LogP contribution in [0.3, 0.4) is 0 Å². The first-order valence-electron chi connectivity index (χ1n) is 8.42. The van der Waals surface area contributed by atoms with Crippen LogP contribution < -0.4 is 14.8 Å². The lowest BCUT2D eigenvalue weighted by Gasteiger charge is -2.20. The van der Waals surface area contributed by atoms with Gasteiger partial charge in [0.25, 0.3) is 5.91 Å². The highest BCUT2D eigenvalue weighted by atomic mass is 35.5. The molecular formula is C20H17ClN2O3. The van der Waals surface area contributed by atoms with Gasteiger partial charge < -0.3 is 14.8 Å². The summed E-state index contributed by atoms with van der Waals surface area (Å²) in [6.07, 6.45) is 2.28. The zero-order chi connectivity index (χ0) is 17.9. The second kappa shape index (κ2) is 7.22. The molecule has 3 aromatic rings. The molecule has 0 radical (unpaired) electrons. The Morgan fingerprint density at radius 2 is 2.00 bits per heavy atom. The van der Waals surface area contributed by atoms with Gasteiger partial charge in [-0.25, -0.2) is 0 Å². The van der Waals surface area contributed by atoms with E-state index in [2.05, 4.69) is 10.3 Å². The van der Waals surface area contributed by atoms with E-state index in [4.69, 9.17) is 21.1 Å². The summed E-state index contributed by atoms with van der Waals surface area (Å²) in [7, 11) is 0. The van der Waals surface area contributed by atoms with E-state index < -0.39 is 0 Å². The fourth-order valence-electron chi connectivity index (χ4n) is 3.01. The van der Waals surface area contributed by atoms with Crippen molar-refractivity contribution in [2.24, 2.45) is 0 Å². The molecule has 0 bridgehead atoms. The first-order valence-corrected chi connectivity index (χ1v) is 8.80. The number of ether oxygens (including phenoxy) is 2. The average molecular weight is 369 g/mol. The standard InChI is InChI=1S/C20H17ClN2O3/c21-16-11-13(12-17-19(16)26-10-9-25-17)5-7-23-20(24)18-15-4-2-1-3-14(15)6-8-22-18/h1-4,6,8,11-12H,5,7,9-10H2,(H,23,24). The molecule has 6 heteroatoms. The molecule has 0 fully saturated rings.